The molecule has 2 rings (SSSR count). The average molecular weight is 279 g/mol. The van der Waals surface area contributed by atoms with Crippen LogP contribution in [0.1, 0.15) is 51.6 Å². The number of hydrogen-bond donors (Lipinski definition) is 1. The molecule has 3 heteroatoms. The summed E-state index contributed by atoms with van der Waals surface area (Å²) in [4.78, 5) is 2.13. The van der Waals surface area contributed by atoms with Crippen LogP contribution >= 0.6 is 0 Å². The maximum Gasteiger partial charge on any atom is 0.127 e. The van der Waals surface area contributed by atoms with Crippen molar-refractivity contribution in [2.24, 2.45) is 5.41 Å². The normalized spacial score (nSPS) is 27.6. The van der Waals surface area contributed by atoms with Crippen LogP contribution < -0.4 is 0 Å². The summed E-state index contributed by atoms with van der Waals surface area (Å²) in [5, 5.41) is 10.3. The lowest BCUT2D eigenvalue weighted by Crippen LogP contribution is -2.48. The quantitative estimate of drug-likeness (QED) is 0.910. The Kier molecular flexibility index (Phi) is 4.50. The molecule has 1 aliphatic carbocycles. The first kappa shape index (κ1) is 15.5. The Balaban J connectivity index is 2.17. The predicted octanol–water partition coefficient (Wildman–Crippen LogP) is 3.76. The molecular formula is C17H26FNO. The van der Waals surface area contributed by atoms with Crippen molar-refractivity contribution in [3.8, 4) is 0 Å². The van der Waals surface area contributed by atoms with Crippen molar-refractivity contribution in [3.63, 3.8) is 0 Å². The minimum Gasteiger partial charge on any atom is -0.391 e. The van der Waals surface area contributed by atoms with E-state index in [2.05, 4.69) is 18.7 Å². The van der Waals surface area contributed by atoms with Gasteiger partial charge in [0.2, 0.25) is 0 Å². The Morgan fingerprint density at radius 2 is 2.00 bits per heavy atom. The van der Waals surface area contributed by atoms with Crippen LogP contribution in [-0.4, -0.2) is 29.2 Å². The smallest absolute Gasteiger partial charge is 0.127 e. The van der Waals surface area contributed by atoms with Gasteiger partial charge in [-0.3, -0.25) is 4.90 Å². The fraction of sp³-hybridized carbons (Fsp3) is 0.647. The first-order chi connectivity index (χ1) is 9.32. The molecule has 1 aliphatic rings. The van der Waals surface area contributed by atoms with E-state index in [9.17, 15) is 9.50 Å². The van der Waals surface area contributed by atoms with Crippen LogP contribution in [0.5, 0.6) is 0 Å². The second-order valence-electron chi connectivity index (χ2n) is 6.90. The molecule has 0 heterocycles. The van der Waals surface area contributed by atoms with Crippen molar-refractivity contribution in [2.75, 3.05) is 7.05 Å². The highest BCUT2D eigenvalue weighted by atomic mass is 19.1. The van der Waals surface area contributed by atoms with Crippen LogP contribution in [0, 0.1) is 11.2 Å². The molecule has 0 aliphatic heterocycles. The van der Waals surface area contributed by atoms with Gasteiger partial charge in [0.05, 0.1) is 6.10 Å². The molecule has 3 unspecified atom stereocenters. The molecule has 3 atom stereocenters. The first-order valence-corrected chi connectivity index (χ1v) is 7.46. The molecule has 1 aromatic rings. The molecule has 2 nitrogen and oxygen atoms in total. The number of halogens is 1. The van der Waals surface area contributed by atoms with E-state index >= 15 is 0 Å². The third kappa shape index (κ3) is 3.21. The number of aliphatic hydroxyl groups excluding tert-OH is 1. The molecule has 1 fully saturated rings. The number of benzene rings is 1. The summed E-state index contributed by atoms with van der Waals surface area (Å²) >= 11 is 0. The Bertz CT molecular complexity index is 460. The number of rotatable bonds is 3. The van der Waals surface area contributed by atoms with E-state index in [0.29, 0.717) is 5.56 Å². The zero-order valence-electron chi connectivity index (χ0n) is 12.9. The molecule has 1 aromatic carbocycles. The van der Waals surface area contributed by atoms with Gasteiger partial charge in [-0.1, -0.05) is 32.0 Å². The van der Waals surface area contributed by atoms with Gasteiger partial charge in [-0.05, 0) is 44.7 Å². The highest BCUT2D eigenvalue weighted by Crippen LogP contribution is 2.39. The minimum absolute atomic E-state index is 0.0373. The Morgan fingerprint density at radius 1 is 1.35 bits per heavy atom. The molecule has 0 radical (unpaired) electrons. The van der Waals surface area contributed by atoms with Gasteiger partial charge >= 0.3 is 0 Å². The zero-order valence-corrected chi connectivity index (χ0v) is 12.9. The summed E-state index contributed by atoms with van der Waals surface area (Å²) < 4.78 is 13.9. The van der Waals surface area contributed by atoms with Crippen molar-refractivity contribution < 1.29 is 9.50 Å². The van der Waals surface area contributed by atoms with Crippen LogP contribution in [0.3, 0.4) is 0 Å². The summed E-state index contributed by atoms with van der Waals surface area (Å²) in [6, 6.07) is 6.96. The highest BCUT2D eigenvalue weighted by Gasteiger charge is 2.37. The summed E-state index contributed by atoms with van der Waals surface area (Å²) in [5.41, 5.74) is 0.943. The van der Waals surface area contributed by atoms with Crippen molar-refractivity contribution in [1.29, 1.82) is 0 Å². The number of aliphatic hydroxyl groups is 1. The molecule has 0 bridgehead atoms. The standard InChI is InChI=1S/C17H26FNO/c1-12(13-7-5-6-8-14(13)18)19(4)15-11-17(2,3)10-9-16(15)20/h5-8,12,15-16,20H,9-11H2,1-4H3. The first-order valence-electron chi connectivity index (χ1n) is 7.46. The highest BCUT2D eigenvalue weighted by molar-refractivity contribution is 5.21. The summed E-state index contributed by atoms with van der Waals surface area (Å²) in [6.07, 6.45) is 2.50. The maximum absolute atomic E-state index is 13.9. The third-order valence-electron chi connectivity index (χ3n) is 4.81. The lowest BCUT2D eigenvalue weighted by molar-refractivity contribution is -0.0211. The average Bonchev–Trinajstić information content (AvgIpc) is 2.40. The largest absolute Gasteiger partial charge is 0.391 e. The molecule has 0 spiro atoms. The van der Waals surface area contributed by atoms with Gasteiger partial charge < -0.3 is 5.11 Å². The lowest BCUT2D eigenvalue weighted by Gasteiger charge is -2.44. The number of nitrogens with zero attached hydrogens (tertiary/aromatic N) is 1. The third-order valence-corrected chi connectivity index (χ3v) is 4.81. The van der Waals surface area contributed by atoms with Gasteiger partial charge in [0.25, 0.3) is 0 Å². The number of hydrogen-bond acceptors (Lipinski definition) is 2. The van der Waals surface area contributed by atoms with Crippen molar-refractivity contribution in [3.05, 3.63) is 35.6 Å². The molecular weight excluding hydrogens is 253 g/mol. The Labute approximate surface area is 121 Å². The second-order valence-corrected chi connectivity index (χ2v) is 6.90. The van der Waals surface area contributed by atoms with E-state index in [1.165, 1.54) is 6.07 Å². The monoisotopic (exact) mass is 279 g/mol. The molecule has 112 valence electrons. The Morgan fingerprint density at radius 3 is 2.65 bits per heavy atom. The van der Waals surface area contributed by atoms with Crippen LogP contribution in [0.2, 0.25) is 0 Å². The predicted molar refractivity (Wildman–Crippen MR) is 80.0 cm³/mol. The maximum atomic E-state index is 13.9. The van der Waals surface area contributed by atoms with E-state index in [1.54, 1.807) is 6.07 Å². The van der Waals surface area contributed by atoms with Gasteiger partial charge in [-0.15, -0.1) is 0 Å². The fourth-order valence-electron chi connectivity index (χ4n) is 3.27. The van der Waals surface area contributed by atoms with Crippen LogP contribution in [0.15, 0.2) is 24.3 Å². The van der Waals surface area contributed by atoms with Crippen molar-refractivity contribution in [2.45, 2.75) is 58.2 Å². The summed E-state index contributed by atoms with van der Waals surface area (Å²) in [7, 11) is 1.99. The molecule has 0 amide bonds. The topological polar surface area (TPSA) is 23.5 Å². The van der Waals surface area contributed by atoms with Gasteiger partial charge in [0, 0.05) is 17.6 Å². The van der Waals surface area contributed by atoms with E-state index in [4.69, 9.17) is 0 Å². The molecule has 1 N–H and O–H groups in total. The van der Waals surface area contributed by atoms with Crippen LogP contribution in [-0.2, 0) is 0 Å². The zero-order chi connectivity index (χ0) is 14.9. The second kappa shape index (κ2) is 5.82. The van der Waals surface area contributed by atoms with E-state index < -0.39 is 0 Å². The van der Waals surface area contributed by atoms with E-state index in [1.807, 2.05) is 26.1 Å². The molecule has 20 heavy (non-hydrogen) atoms. The van der Waals surface area contributed by atoms with Gasteiger partial charge in [0.15, 0.2) is 0 Å². The van der Waals surface area contributed by atoms with Crippen LogP contribution in [0.25, 0.3) is 0 Å². The van der Waals surface area contributed by atoms with E-state index in [0.717, 1.165) is 19.3 Å². The summed E-state index contributed by atoms with van der Waals surface area (Å²) in [6.45, 7) is 6.49. The lowest BCUT2D eigenvalue weighted by atomic mass is 9.73. The van der Waals surface area contributed by atoms with E-state index in [-0.39, 0.29) is 29.4 Å². The van der Waals surface area contributed by atoms with Gasteiger partial charge in [-0.2, -0.15) is 0 Å². The Hall–Kier alpha value is -0.930. The van der Waals surface area contributed by atoms with Crippen molar-refractivity contribution in [1.82, 2.24) is 4.90 Å². The van der Waals surface area contributed by atoms with Crippen molar-refractivity contribution >= 4 is 0 Å². The molecule has 0 saturated heterocycles. The molecule has 1 saturated carbocycles. The number of likely N-dealkylation sites (N-methyl/N-ethyl adjacent to an activating group) is 1. The van der Waals surface area contributed by atoms with Gasteiger partial charge in [-0.25, -0.2) is 4.39 Å². The van der Waals surface area contributed by atoms with Gasteiger partial charge in [0.1, 0.15) is 5.82 Å². The fourth-order valence-corrected chi connectivity index (χ4v) is 3.27. The minimum atomic E-state index is -0.317. The van der Waals surface area contributed by atoms with Crippen LogP contribution in [0.4, 0.5) is 4.39 Å². The molecule has 0 aromatic heterocycles. The SMILES string of the molecule is CC(c1ccccc1F)N(C)C1CC(C)(C)CCC1O. The summed E-state index contributed by atoms with van der Waals surface area (Å²) in [5.74, 6) is -0.170.